The molecule has 0 spiro atoms. The second kappa shape index (κ2) is 6.13. The van der Waals surface area contributed by atoms with Crippen LogP contribution >= 0.6 is 0 Å². The van der Waals surface area contributed by atoms with E-state index in [0.717, 1.165) is 13.0 Å². The van der Waals surface area contributed by atoms with Gasteiger partial charge in [0.15, 0.2) is 5.82 Å². The lowest BCUT2D eigenvalue weighted by atomic mass is 10.1. The summed E-state index contributed by atoms with van der Waals surface area (Å²) in [6.07, 6.45) is 4.97. The molecule has 1 saturated heterocycles. The quantitative estimate of drug-likeness (QED) is 0.935. The number of hydrogen-bond acceptors (Lipinski definition) is 4. The van der Waals surface area contributed by atoms with Crippen molar-refractivity contribution in [3.8, 4) is 0 Å². The van der Waals surface area contributed by atoms with Gasteiger partial charge in [0.25, 0.3) is 0 Å². The molecule has 1 unspecified atom stereocenters. The van der Waals surface area contributed by atoms with Crippen LogP contribution in [0.2, 0.25) is 0 Å². The normalized spacial score (nSPS) is 19.8. The SMILES string of the molecule is Fc1ccccc1Cc1noc(C2CCCCCN2)n1. The Morgan fingerprint density at radius 3 is 3.05 bits per heavy atom. The van der Waals surface area contributed by atoms with Crippen LogP contribution in [0, 0.1) is 5.82 Å². The molecule has 1 N–H and O–H groups in total. The summed E-state index contributed by atoms with van der Waals surface area (Å²) in [6, 6.07) is 6.82. The van der Waals surface area contributed by atoms with Crippen molar-refractivity contribution in [1.29, 1.82) is 0 Å². The van der Waals surface area contributed by atoms with Gasteiger partial charge < -0.3 is 9.84 Å². The van der Waals surface area contributed by atoms with Gasteiger partial charge in [-0.15, -0.1) is 0 Å². The average Bonchev–Trinajstić information content (AvgIpc) is 2.74. The first-order chi connectivity index (χ1) is 9.83. The fourth-order valence-electron chi connectivity index (χ4n) is 2.53. The smallest absolute Gasteiger partial charge is 0.243 e. The average molecular weight is 275 g/mol. The fraction of sp³-hybridized carbons (Fsp3) is 0.467. The van der Waals surface area contributed by atoms with Crippen LogP contribution in [0.3, 0.4) is 0 Å². The molecule has 1 aromatic heterocycles. The molecule has 0 bridgehead atoms. The lowest BCUT2D eigenvalue weighted by molar-refractivity contribution is 0.325. The molecule has 3 rings (SSSR count). The summed E-state index contributed by atoms with van der Waals surface area (Å²) in [5, 5.41) is 7.38. The molecule has 2 heterocycles. The Hall–Kier alpha value is -1.75. The van der Waals surface area contributed by atoms with E-state index >= 15 is 0 Å². The number of benzene rings is 1. The van der Waals surface area contributed by atoms with Gasteiger partial charge in [0.1, 0.15) is 5.82 Å². The van der Waals surface area contributed by atoms with E-state index in [9.17, 15) is 4.39 Å². The van der Waals surface area contributed by atoms with Crippen LogP contribution in [-0.4, -0.2) is 16.7 Å². The summed E-state index contributed by atoms with van der Waals surface area (Å²) in [7, 11) is 0. The highest BCUT2D eigenvalue weighted by Crippen LogP contribution is 2.21. The van der Waals surface area contributed by atoms with E-state index < -0.39 is 0 Å². The Balaban J connectivity index is 1.71. The van der Waals surface area contributed by atoms with Crippen molar-refractivity contribution in [2.24, 2.45) is 0 Å². The minimum Gasteiger partial charge on any atom is -0.338 e. The molecule has 5 heteroatoms. The van der Waals surface area contributed by atoms with Crippen molar-refractivity contribution >= 4 is 0 Å². The van der Waals surface area contributed by atoms with Crippen molar-refractivity contribution < 1.29 is 8.91 Å². The number of nitrogens with zero attached hydrogens (tertiary/aromatic N) is 2. The van der Waals surface area contributed by atoms with Gasteiger partial charge in [-0.25, -0.2) is 4.39 Å². The first kappa shape index (κ1) is 13.2. The van der Waals surface area contributed by atoms with Gasteiger partial charge in [-0.2, -0.15) is 4.98 Å². The summed E-state index contributed by atoms with van der Waals surface area (Å²) < 4.78 is 18.9. The minimum absolute atomic E-state index is 0.138. The van der Waals surface area contributed by atoms with E-state index in [-0.39, 0.29) is 11.9 Å². The van der Waals surface area contributed by atoms with Crippen molar-refractivity contribution in [2.75, 3.05) is 6.54 Å². The van der Waals surface area contributed by atoms with E-state index in [1.807, 2.05) is 6.07 Å². The summed E-state index contributed by atoms with van der Waals surface area (Å²) in [4.78, 5) is 4.41. The van der Waals surface area contributed by atoms with E-state index in [4.69, 9.17) is 4.52 Å². The van der Waals surface area contributed by atoms with E-state index in [0.29, 0.717) is 23.7 Å². The van der Waals surface area contributed by atoms with Crippen LogP contribution in [0.25, 0.3) is 0 Å². The van der Waals surface area contributed by atoms with Crippen LogP contribution in [0.5, 0.6) is 0 Å². The third-order valence-electron chi connectivity index (χ3n) is 3.65. The van der Waals surface area contributed by atoms with Gasteiger partial charge in [0, 0.05) is 6.42 Å². The predicted molar refractivity (Wildman–Crippen MR) is 72.7 cm³/mol. The van der Waals surface area contributed by atoms with Gasteiger partial charge >= 0.3 is 0 Å². The standard InChI is InChI=1S/C15H18FN3O/c16-12-7-4-3-6-11(12)10-14-18-15(20-19-14)13-8-2-1-5-9-17-13/h3-4,6-7,13,17H,1-2,5,8-10H2. The number of halogens is 1. The molecular weight excluding hydrogens is 257 g/mol. The Bertz CT molecular complexity index is 562. The summed E-state index contributed by atoms with van der Waals surface area (Å²) in [5.74, 6) is 0.931. The number of rotatable bonds is 3. The second-order valence-corrected chi connectivity index (χ2v) is 5.17. The highest BCUT2D eigenvalue weighted by molar-refractivity contribution is 5.20. The first-order valence-electron chi connectivity index (χ1n) is 7.12. The van der Waals surface area contributed by atoms with Crippen LogP contribution in [-0.2, 0) is 6.42 Å². The number of hydrogen-bond donors (Lipinski definition) is 1. The lowest BCUT2D eigenvalue weighted by Crippen LogP contribution is -2.20. The van der Waals surface area contributed by atoms with Gasteiger partial charge in [-0.3, -0.25) is 0 Å². The van der Waals surface area contributed by atoms with Crippen molar-refractivity contribution in [3.05, 3.63) is 47.4 Å². The minimum atomic E-state index is -0.230. The maximum atomic E-state index is 13.6. The molecular formula is C15H18FN3O. The van der Waals surface area contributed by atoms with Crippen LogP contribution in [0.1, 0.15) is 49.0 Å². The predicted octanol–water partition coefficient (Wildman–Crippen LogP) is 3.00. The highest BCUT2D eigenvalue weighted by atomic mass is 19.1. The van der Waals surface area contributed by atoms with E-state index in [2.05, 4.69) is 15.5 Å². The molecule has 1 aromatic carbocycles. The molecule has 1 aliphatic heterocycles. The van der Waals surface area contributed by atoms with Crippen molar-refractivity contribution in [2.45, 2.75) is 38.1 Å². The van der Waals surface area contributed by atoms with Gasteiger partial charge in [0.05, 0.1) is 6.04 Å². The van der Waals surface area contributed by atoms with Gasteiger partial charge in [-0.1, -0.05) is 36.2 Å². The third-order valence-corrected chi connectivity index (χ3v) is 3.65. The molecule has 2 aromatic rings. The Kier molecular flexibility index (Phi) is 4.06. The zero-order valence-corrected chi connectivity index (χ0v) is 11.3. The zero-order chi connectivity index (χ0) is 13.8. The van der Waals surface area contributed by atoms with Gasteiger partial charge in [-0.05, 0) is 31.0 Å². The Morgan fingerprint density at radius 1 is 1.25 bits per heavy atom. The molecule has 20 heavy (non-hydrogen) atoms. The van der Waals surface area contributed by atoms with E-state index in [1.165, 1.54) is 25.3 Å². The molecule has 0 aliphatic carbocycles. The molecule has 1 fully saturated rings. The van der Waals surface area contributed by atoms with E-state index in [1.54, 1.807) is 12.1 Å². The second-order valence-electron chi connectivity index (χ2n) is 5.17. The maximum Gasteiger partial charge on any atom is 0.243 e. The molecule has 106 valence electrons. The summed E-state index contributed by atoms with van der Waals surface area (Å²) in [5.41, 5.74) is 0.591. The molecule has 1 atom stereocenters. The first-order valence-corrected chi connectivity index (χ1v) is 7.12. The van der Waals surface area contributed by atoms with Crippen molar-refractivity contribution in [3.63, 3.8) is 0 Å². The van der Waals surface area contributed by atoms with Crippen LogP contribution < -0.4 is 5.32 Å². The largest absolute Gasteiger partial charge is 0.338 e. The summed E-state index contributed by atoms with van der Waals surface area (Å²) >= 11 is 0. The molecule has 1 aliphatic rings. The molecule has 0 saturated carbocycles. The maximum absolute atomic E-state index is 13.6. The Morgan fingerprint density at radius 2 is 2.15 bits per heavy atom. The fourth-order valence-corrected chi connectivity index (χ4v) is 2.53. The highest BCUT2D eigenvalue weighted by Gasteiger charge is 2.20. The number of aromatic nitrogens is 2. The Labute approximate surface area is 117 Å². The molecule has 0 amide bonds. The summed E-state index contributed by atoms with van der Waals surface area (Å²) in [6.45, 7) is 0.982. The van der Waals surface area contributed by atoms with Crippen LogP contribution in [0.15, 0.2) is 28.8 Å². The number of nitrogens with one attached hydrogen (secondary N) is 1. The molecule has 4 nitrogen and oxygen atoms in total. The lowest BCUT2D eigenvalue weighted by Gasteiger charge is -2.09. The topological polar surface area (TPSA) is 51.0 Å². The zero-order valence-electron chi connectivity index (χ0n) is 11.3. The molecule has 0 radical (unpaired) electrons. The third kappa shape index (κ3) is 3.04. The van der Waals surface area contributed by atoms with Gasteiger partial charge in [0.2, 0.25) is 5.89 Å². The van der Waals surface area contributed by atoms with Crippen LogP contribution in [0.4, 0.5) is 4.39 Å². The van der Waals surface area contributed by atoms with Crippen molar-refractivity contribution in [1.82, 2.24) is 15.5 Å². The monoisotopic (exact) mass is 275 g/mol.